The first kappa shape index (κ1) is 69.1. The van der Waals surface area contributed by atoms with Crippen molar-refractivity contribution >= 4 is 11.9 Å². The Kier molecular flexibility index (Phi) is 59.0. The van der Waals surface area contributed by atoms with E-state index in [1.807, 2.05) is 0 Å². The van der Waals surface area contributed by atoms with Crippen LogP contribution in [-0.4, -0.2) is 47.4 Å². The number of aliphatic hydroxyl groups excluding tert-OH is 2. The van der Waals surface area contributed by atoms with Crippen molar-refractivity contribution in [3.05, 3.63) is 36.5 Å². The first-order valence-corrected chi connectivity index (χ1v) is 31.7. The number of hydrogen-bond donors (Lipinski definition) is 3. The fraction of sp³-hybridized carbons (Fsp3) is 0.877. The molecule has 2 atom stereocenters. The summed E-state index contributed by atoms with van der Waals surface area (Å²) in [7, 11) is 0. The number of esters is 1. The van der Waals surface area contributed by atoms with Crippen molar-refractivity contribution in [2.24, 2.45) is 0 Å². The number of hydrogen-bond acceptors (Lipinski definition) is 5. The molecule has 0 spiro atoms. The molecule has 3 N–H and O–H groups in total. The molecule has 0 rings (SSSR count). The fourth-order valence-corrected chi connectivity index (χ4v) is 9.78. The van der Waals surface area contributed by atoms with Gasteiger partial charge in [0.2, 0.25) is 5.91 Å². The van der Waals surface area contributed by atoms with Gasteiger partial charge in [-0.25, -0.2) is 0 Å². The van der Waals surface area contributed by atoms with Gasteiger partial charge in [0.1, 0.15) is 0 Å². The zero-order chi connectivity index (χ0) is 51.4. The van der Waals surface area contributed by atoms with E-state index in [-0.39, 0.29) is 18.5 Å². The summed E-state index contributed by atoms with van der Waals surface area (Å²) in [6.07, 6.45) is 75.8. The lowest BCUT2D eigenvalue weighted by Crippen LogP contribution is -2.45. The Balaban J connectivity index is 3.48. The Bertz CT molecular complexity index is 1150. The molecular weight excluding hydrogens is 875 g/mol. The molecular formula is C65H123NO5. The molecule has 0 bridgehead atoms. The molecule has 0 aliphatic rings. The molecule has 0 fully saturated rings. The largest absolute Gasteiger partial charge is 0.466 e. The van der Waals surface area contributed by atoms with E-state index in [1.54, 1.807) is 0 Å². The normalized spacial score (nSPS) is 12.8. The van der Waals surface area contributed by atoms with Crippen LogP contribution in [0.1, 0.15) is 341 Å². The summed E-state index contributed by atoms with van der Waals surface area (Å²) in [6, 6.07) is -0.565. The first-order chi connectivity index (χ1) is 35.0. The highest BCUT2D eigenvalue weighted by molar-refractivity contribution is 5.76. The van der Waals surface area contributed by atoms with Crippen LogP contribution in [0.25, 0.3) is 0 Å². The fourth-order valence-electron chi connectivity index (χ4n) is 9.78. The van der Waals surface area contributed by atoms with Crippen LogP contribution in [0.4, 0.5) is 0 Å². The molecule has 6 nitrogen and oxygen atoms in total. The average molecular weight is 999 g/mol. The third-order valence-corrected chi connectivity index (χ3v) is 14.7. The number of carbonyl (C=O) groups is 2. The number of carbonyl (C=O) groups excluding carboxylic acids is 2. The van der Waals surface area contributed by atoms with Crippen molar-refractivity contribution in [1.29, 1.82) is 0 Å². The summed E-state index contributed by atoms with van der Waals surface area (Å²) < 4.78 is 5.46. The van der Waals surface area contributed by atoms with E-state index >= 15 is 0 Å². The predicted molar refractivity (Wildman–Crippen MR) is 310 cm³/mol. The number of ether oxygens (including phenoxy) is 1. The minimum Gasteiger partial charge on any atom is -0.466 e. The Labute approximate surface area is 443 Å². The van der Waals surface area contributed by atoms with Gasteiger partial charge >= 0.3 is 5.97 Å². The highest BCUT2D eigenvalue weighted by Crippen LogP contribution is 2.18. The maximum absolute atomic E-state index is 12.5. The van der Waals surface area contributed by atoms with Gasteiger partial charge in [-0.1, -0.05) is 281 Å². The van der Waals surface area contributed by atoms with Crippen LogP contribution >= 0.6 is 0 Å². The number of amides is 1. The van der Waals surface area contributed by atoms with Crippen molar-refractivity contribution in [2.45, 2.75) is 353 Å². The van der Waals surface area contributed by atoms with Gasteiger partial charge in [0.25, 0.3) is 0 Å². The van der Waals surface area contributed by atoms with Gasteiger partial charge in [-0.2, -0.15) is 0 Å². The zero-order valence-electron chi connectivity index (χ0n) is 47.7. The summed E-state index contributed by atoms with van der Waals surface area (Å²) >= 11 is 0. The van der Waals surface area contributed by atoms with Crippen LogP contribution in [0.3, 0.4) is 0 Å². The summed E-state index contributed by atoms with van der Waals surface area (Å²) in [4.78, 5) is 24.6. The highest BCUT2D eigenvalue weighted by Gasteiger charge is 2.20. The van der Waals surface area contributed by atoms with Gasteiger partial charge in [-0.15, -0.1) is 0 Å². The molecule has 2 unspecified atom stereocenters. The van der Waals surface area contributed by atoms with Crippen LogP contribution in [0, 0.1) is 0 Å². The van der Waals surface area contributed by atoms with Crippen LogP contribution in [-0.2, 0) is 14.3 Å². The van der Waals surface area contributed by atoms with E-state index in [4.69, 9.17) is 4.74 Å². The molecule has 6 heteroatoms. The lowest BCUT2D eigenvalue weighted by atomic mass is 10.0. The van der Waals surface area contributed by atoms with E-state index in [0.29, 0.717) is 25.9 Å². The van der Waals surface area contributed by atoms with Gasteiger partial charge in [0.15, 0.2) is 0 Å². The van der Waals surface area contributed by atoms with Crippen molar-refractivity contribution in [3.8, 4) is 0 Å². The van der Waals surface area contributed by atoms with Crippen molar-refractivity contribution in [3.63, 3.8) is 0 Å². The maximum Gasteiger partial charge on any atom is 0.305 e. The minimum absolute atomic E-state index is 0.0253. The van der Waals surface area contributed by atoms with Gasteiger partial charge in [-0.05, 0) is 83.5 Å². The second-order valence-corrected chi connectivity index (χ2v) is 21.7. The molecule has 0 radical (unpaired) electrons. The second-order valence-electron chi connectivity index (χ2n) is 21.7. The average Bonchev–Trinajstić information content (AvgIpc) is 3.37. The lowest BCUT2D eigenvalue weighted by Gasteiger charge is -2.22. The summed E-state index contributed by atoms with van der Waals surface area (Å²) in [5.74, 6) is -0.0878. The molecule has 418 valence electrons. The minimum atomic E-state index is -0.684. The van der Waals surface area contributed by atoms with E-state index in [2.05, 4.69) is 55.6 Å². The molecule has 0 heterocycles. The molecule has 0 aromatic carbocycles. The molecule has 0 aliphatic carbocycles. The molecule has 0 aromatic rings. The van der Waals surface area contributed by atoms with E-state index in [9.17, 15) is 19.8 Å². The number of rotatable bonds is 59. The number of allylic oxidation sites excluding steroid dienone is 6. The van der Waals surface area contributed by atoms with Crippen LogP contribution in [0.5, 0.6) is 0 Å². The van der Waals surface area contributed by atoms with Gasteiger partial charge < -0.3 is 20.3 Å². The zero-order valence-corrected chi connectivity index (χ0v) is 47.7. The predicted octanol–water partition coefficient (Wildman–Crippen LogP) is 20.0. The maximum atomic E-state index is 12.5. The Morgan fingerprint density at radius 3 is 1.11 bits per heavy atom. The topological polar surface area (TPSA) is 95.9 Å². The molecule has 1 amide bonds. The Hall–Kier alpha value is -1.92. The molecule has 0 saturated heterocycles. The van der Waals surface area contributed by atoms with Crippen LogP contribution in [0.15, 0.2) is 36.5 Å². The van der Waals surface area contributed by atoms with E-state index < -0.39 is 12.1 Å². The van der Waals surface area contributed by atoms with Gasteiger partial charge in [-0.3, -0.25) is 9.59 Å². The first-order valence-electron chi connectivity index (χ1n) is 31.7. The van der Waals surface area contributed by atoms with Crippen LogP contribution < -0.4 is 5.32 Å². The number of nitrogens with one attached hydrogen (secondary N) is 1. The second kappa shape index (κ2) is 60.6. The quantitative estimate of drug-likeness (QED) is 0.0321. The molecule has 71 heavy (non-hydrogen) atoms. The monoisotopic (exact) mass is 998 g/mol. The lowest BCUT2D eigenvalue weighted by molar-refractivity contribution is -0.143. The van der Waals surface area contributed by atoms with Crippen molar-refractivity contribution in [2.75, 3.05) is 13.2 Å². The Morgan fingerprint density at radius 2 is 0.704 bits per heavy atom. The molecule has 0 aliphatic heterocycles. The van der Waals surface area contributed by atoms with Crippen molar-refractivity contribution < 1.29 is 24.5 Å². The van der Waals surface area contributed by atoms with Crippen molar-refractivity contribution in [1.82, 2.24) is 5.32 Å². The third kappa shape index (κ3) is 57.2. The van der Waals surface area contributed by atoms with Crippen LogP contribution in [0.2, 0.25) is 0 Å². The SMILES string of the molecule is CCCCCC/C=C\C/C=C\CCCCCCCC(=O)OCCCCCCCC/C=C\CCCCCC(=O)NC(CO)C(O)CCCCCCCCCCCCCCCCCCCCCCCCCCC. The van der Waals surface area contributed by atoms with E-state index in [0.717, 1.165) is 83.5 Å². The third-order valence-electron chi connectivity index (χ3n) is 14.7. The van der Waals surface area contributed by atoms with Gasteiger partial charge in [0.05, 0.1) is 25.4 Å². The smallest absolute Gasteiger partial charge is 0.305 e. The summed E-state index contributed by atoms with van der Waals surface area (Å²) in [5, 5.41) is 23.4. The number of unbranched alkanes of at least 4 members (excludes halogenated alkanes) is 42. The van der Waals surface area contributed by atoms with E-state index in [1.165, 1.54) is 225 Å². The highest BCUT2D eigenvalue weighted by atomic mass is 16.5. The molecule has 0 aromatic heterocycles. The number of aliphatic hydroxyl groups is 2. The summed E-state index contributed by atoms with van der Waals surface area (Å²) in [6.45, 7) is 4.91. The Morgan fingerprint density at radius 1 is 0.394 bits per heavy atom. The standard InChI is InChI=1S/C65H123NO5/c1-3-5-7-9-11-13-15-17-19-21-22-23-24-25-26-27-28-29-30-33-37-41-45-49-53-57-63(68)62(61-67)66-64(69)58-54-50-46-42-38-34-32-36-40-44-48-52-56-60-71-65(70)59-55-51-47-43-39-35-31-20-18-16-14-12-10-8-6-4-2/h14,16,20,31,34,38,62-63,67-68H,3-13,15,17-19,21-30,32-33,35-37,39-61H2,1-2H3,(H,66,69)/b16-14-,31-20-,38-34-. The summed E-state index contributed by atoms with van der Waals surface area (Å²) in [5.41, 5.74) is 0. The molecule has 0 saturated carbocycles. The van der Waals surface area contributed by atoms with Gasteiger partial charge in [0, 0.05) is 12.8 Å².